The van der Waals surface area contributed by atoms with Crippen LogP contribution < -0.4 is 14.8 Å². The van der Waals surface area contributed by atoms with Gasteiger partial charge < -0.3 is 14.8 Å². The third kappa shape index (κ3) is 4.78. The standard InChI is InChI=1S/C19H18ClN3O6S/c1-3-17(24)23-19(2,30(25,26)27)29-16-7-5-4-6-15(16)28-18-11-21-13-9-8-12(20)10-14(13)22-18/h4-11H,3H2,1-2H3,(H,23,24)(H,25,26,27). The molecule has 3 aromatic rings. The van der Waals surface area contributed by atoms with Gasteiger partial charge in [0.2, 0.25) is 11.8 Å². The van der Waals surface area contributed by atoms with Crippen molar-refractivity contribution in [3.8, 4) is 17.4 Å². The number of nitrogens with zero attached hydrogens (tertiary/aromatic N) is 2. The topological polar surface area (TPSA) is 128 Å². The summed E-state index contributed by atoms with van der Waals surface area (Å²) >= 11 is 5.98. The minimum absolute atomic E-state index is 0.0120. The van der Waals surface area contributed by atoms with E-state index in [2.05, 4.69) is 15.3 Å². The predicted octanol–water partition coefficient (Wildman–Crippen LogP) is 3.54. The van der Waals surface area contributed by atoms with Crippen LogP contribution in [0, 0.1) is 0 Å². The van der Waals surface area contributed by atoms with Crippen LogP contribution in [0.5, 0.6) is 17.4 Å². The molecule has 30 heavy (non-hydrogen) atoms. The van der Waals surface area contributed by atoms with Crippen molar-refractivity contribution in [2.75, 3.05) is 0 Å². The maximum absolute atomic E-state index is 11.9. The number of halogens is 1. The van der Waals surface area contributed by atoms with E-state index in [4.69, 9.17) is 21.1 Å². The van der Waals surface area contributed by atoms with E-state index in [9.17, 15) is 17.8 Å². The molecule has 9 nitrogen and oxygen atoms in total. The van der Waals surface area contributed by atoms with Gasteiger partial charge in [0.25, 0.3) is 0 Å². The molecule has 3 rings (SSSR count). The van der Waals surface area contributed by atoms with Gasteiger partial charge in [0, 0.05) is 18.4 Å². The number of rotatable bonds is 7. The first kappa shape index (κ1) is 21.8. The van der Waals surface area contributed by atoms with Crippen LogP contribution in [0.25, 0.3) is 11.0 Å². The Kier molecular flexibility index (Phi) is 6.11. The van der Waals surface area contributed by atoms with E-state index in [-0.39, 0.29) is 23.8 Å². The van der Waals surface area contributed by atoms with Crippen molar-refractivity contribution >= 4 is 38.7 Å². The number of hydrogen-bond acceptors (Lipinski definition) is 7. The quantitative estimate of drug-likeness (QED) is 0.412. The molecular formula is C19H18ClN3O6S. The lowest BCUT2D eigenvalue weighted by atomic mass is 10.3. The zero-order valence-electron chi connectivity index (χ0n) is 16.0. The van der Waals surface area contributed by atoms with E-state index in [0.29, 0.717) is 16.1 Å². The summed E-state index contributed by atoms with van der Waals surface area (Å²) in [5.41, 5.74) is 1.11. The van der Waals surface area contributed by atoms with Crippen LogP contribution in [-0.4, -0.2) is 33.9 Å². The molecule has 0 saturated carbocycles. The highest BCUT2D eigenvalue weighted by Gasteiger charge is 2.42. The number of benzene rings is 2. The third-order valence-electron chi connectivity index (χ3n) is 4.03. The fourth-order valence-corrected chi connectivity index (χ4v) is 3.05. The molecule has 0 fully saturated rings. The van der Waals surface area contributed by atoms with Gasteiger partial charge in [0.1, 0.15) is 0 Å². The second kappa shape index (κ2) is 8.42. The lowest BCUT2D eigenvalue weighted by Gasteiger charge is -2.28. The second-order valence-electron chi connectivity index (χ2n) is 6.31. The summed E-state index contributed by atoms with van der Waals surface area (Å²) in [4.78, 5) is 20.3. The number of fused-ring (bicyclic) bond motifs is 1. The van der Waals surface area contributed by atoms with Gasteiger partial charge in [0.05, 0.1) is 17.2 Å². The number of para-hydroxylation sites is 2. The molecule has 1 atom stereocenters. The van der Waals surface area contributed by atoms with Crippen molar-refractivity contribution in [2.45, 2.75) is 25.3 Å². The van der Waals surface area contributed by atoms with Gasteiger partial charge in [-0.3, -0.25) is 9.35 Å². The summed E-state index contributed by atoms with van der Waals surface area (Å²) in [7, 11) is -4.84. The summed E-state index contributed by atoms with van der Waals surface area (Å²) in [5.74, 6) is -0.492. The molecule has 0 radical (unpaired) electrons. The van der Waals surface area contributed by atoms with E-state index in [1.54, 1.807) is 30.3 Å². The number of carbonyl (C=O) groups is 1. The van der Waals surface area contributed by atoms with Crippen molar-refractivity contribution in [1.29, 1.82) is 0 Å². The number of ether oxygens (including phenoxy) is 2. The Morgan fingerprint density at radius 2 is 1.90 bits per heavy atom. The smallest absolute Gasteiger partial charge is 0.326 e. The minimum Gasteiger partial charge on any atom is -0.448 e. The monoisotopic (exact) mass is 451 g/mol. The summed E-state index contributed by atoms with van der Waals surface area (Å²) < 4.78 is 44.6. The van der Waals surface area contributed by atoms with Gasteiger partial charge >= 0.3 is 15.2 Å². The zero-order valence-corrected chi connectivity index (χ0v) is 17.6. The van der Waals surface area contributed by atoms with Crippen LogP contribution in [0.2, 0.25) is 5.02 Å². The second-order valence-corrected chi connectivity index (χ2v) is 8.48. The summed E-state index contributed by atoms with van der Waals surface area (Å²) in [6.45, 7) is 2.55. The van der Waals surface area contributed by atoms with E-state index in [0.717, 1.165) is 6.92 Å². The molecule has 0 aliphatic carbocycles. The number of carbonyl (C=O) groups excluding carboxylic acids is 1. The molecule has 1 heterocycles. The summed E-state index contributed by atoms with van der Waals surface area (Å²) in [5, 5.41) is 0.207. The van der Waals surface area contributed by atoms with Crippen molar-refractivity contribution < 1.29 is 27.2 Å². The van der Waals surface area contributed by atoms with Gasteiger partial charge in [-0.15, -0.1) is 0 Å². The summed E-state index contributed by atoms with van der Waals surface area (Å²) in [6.07, 6.45) is 1.37. The first-order valence-corrected chi connectivity index (χ1v) is 10.6. The number of aromatic nitrogens is 2. The maximum Gasteiger partial charge on any atom is 0.326 e. The number of nitrogens with one attached hydrogen (secondary N) is 1. The van der Waals surface area contributed by atoms with Gasteiger partial charge in [-0.2, -0.15) is 8.42 Å². The average molecular weight is 452 g/mol. The first-order chi connectivity index (χ1) is 14.1. The van der Waals surface area contributed by atoms with E-state index in [1.165, 1.54) is 25.3 Å². The van der Waals surface area contributed by atoms with Gasteiger partial charge in [-0.05, 0) is 30.3 Å². The molecule has 2 N–H and O–H groups in total. The highest BCUT2D eigenvalue weighted by molar-refractivity contribution is 7.87. The Labute approximate surface area is 177 Å². The largest absolute Gasteiger partial charge is 0.448 e. The average Bonchev–Trinajstić information content (AvgIpc) is 2.68. The molecule has 1 aromatic heterocycles. The number of amides is 1. The molecule has 0 saturated heterocycles. The molecule has 158 valence electrons. The first-order valence-electron chi connectivity index (χ1n) is 8.77. The van der Waals surface area contributed by atoms with Gasteiger partial charge in [0.15, 0.2) is 11.5 Å². The van der Waals surface area contributed by atoms with Crippen LogP contribution in [0.3, 0.4) is 0 Å². The molecule has 1 unspecified atom stereocenters. The van der Waals surface area contributed by atoms with Crippen molar-refractivity contribution in [3.63, 3.8) is 0 Å². The molecule has 11 heteroatoms. The third-order valence-corrected chi connectivity index (χ3v) is 5.44. The Morgan fingerprint density at radius 1 is 1.20 bits per heavy atom. The maximum atomic E-state index is 11.9. The minimum atomic E-state index is -4.84. The Bertz CT molecular complexity index is 1200. The van der Waals surface area contributed by atoms with Crippen molar-refractivity contribution in [3.05, 3.63) is 53.7 Å². The van der Waals surface area contributed by atoms with E-state index >= 15 is 0 Å². The lowest BCUT2D eigenvalue weighted by Crippen LogP contribution is -2.56. The van der Waals surface area contributed by atoms with Crippen LogP contribution in [0.1, 0.15) is 20.3 Å². The fourth-order valence-electron chi connectivity index (χ4n) is 2.44. The fraction of sp³-hybridized carbons (Fsp3) is 0.211. The SMILES string of the molecule is CCC(=O)NC(C)(Oc1ccccc1Oc1cnc2ccc(Cl)cc2n1)S(=O)(=O)O. The Balaban J connectivity index is 1.95. The molecular weight excluding hydrogens is 434 g/mol. The van der Waals surface area contributed by atoms with Crippen LogP contribution in [-0.2, 0) is 14.9 Å². The van der Waals surface area contributed by atoms with Crippen molar-refractivity contribution in [1.82, 2.24) is 15.3 Å². The van der Waals surface area contributed by atoms with Crippen LogP contribution in [0.4, 0.5) is 0 Å². The van der Waals surface area contributed by atoms with Gasteiger partial charge in [-0.25, -0.2) is 9.97 Å². The predicted molar refractivity (Wildman–Crippen MR) is 110 cm³/mol. The van der Waals surface area contributed by atoms with Crippen LogP contribution >= 0.6 is 11.6 Å². The highest BCUT2D eigenvalue weighted by Crippen LogP contribution is 2.34. The lowest BCUT2D eigenvalue weighted by molar-refractivity contribution is -0.124. The molecule has 1 amide bonds. The molecule has 0 aliphatic heterocycles. The highest BCUT2D eigenvalue weighted by atomic mass is 35.5. The Morgan fingerprint density at radius 3 is 2.57 bits per heavy atom. The number of hydrogen-bond donors (Lipinski definition) is 2. The molecule has 0 bridgehead atoms. The molecule has 0 aliphatic rings. The zero-order chi connectivity index (χ0) is 21.9. The van der Waals surface area contributed by atoms with Crippen molar-refractivity contribution in [2.24, 2.45) is 0 Å². The molecule has 0 spiro atoms. The summed E-state index contributed by atoms with van der Waals surface area (Å²) in [6, 6.07) is 11.1. The van der Waals surface area contributed by atoms with E-state index in [1.807, 2.05) is 0 Å². The van der Waals surface area contributed by atoms with Gasteiger partial charge in [-0.1, -0.05) is 30.7 Å². The molecule has 2 aromatic carbocycles. The normalized spacial score (nSPS) is 13.5. The van der Waals surface area contributed by atoms with E-state index < -0.39 is 21.1 Å². The Hall–Kier alpha value is -2.95. The van der Waals surface area contributed by atoms with Crippen LogP contribution in [0.15, 0.2) is 48.7 Å².